The van der Waals surface area contributed by atoms with E-state index in [9.17, 15) is 4.79 Å². The van der Waals surface area contributed by atoms with Gasteiger partial charge in [0.05, 0.1) is 0 Å². The lowest BCUT2D eigenvalue weighted by Crippen LogP contribution is -2.09. The third-order valence-corrected chi connectivity index (χ3v) is 3.27. The van der Waals surface area contributed by atoms with Gasteiger partial charge in [-0.1, -0.05) is 12.1 Å². The lowest BCUT2D eigenvalue weighted by atomic mass is 10.1. The number of carbonyl (C=O) groups is 1. The predicted octanol–water partition coefficient (Wildman–Crippen LogP) is 4.19. The van der Waals surface area contributed by atoms with Gasteiger partial charge in [-0.3, -0.25) is 0 Å². The van der Waals surface area contributed by atoms with Gasteiger partial charge in [0.2, 0.25) is 5.76 Å². The largest absolute Gasteiger partial charge is 0.442 e. The number of aryl methyl sites for hydroxylation is 2. The van der Waals surface area contributed by atoms with Gasteiger partial charge in [-0.2, -0.15) is 0 Å². The summed E-state index contributed by atoms with van der Waals surface area (Å²) in [6.07, 6.45) is 0. The van der Waals surface area contributed by atoms with Crippen LogP contribution in [0.25, 0.3) is 0 Å². The second kappa shape index (κ2) is 4.98. The molecule has 1 aromatic heterocycles. The van der Waals surface area contributed by atoms with Crippen molar-refractivity contribution in [1.29, 1.82) is 0 Å². The molecule has 94 valence electrons. The molecule has 0 aliphatic carbocycles. The maximum atomic E-state index is 11.9. The monoisotopic (exact) mass is 308 g/mol. The minimum absolute atomic E-state index is 0.183. The highest BCUT2D eigenvalue weighted by Gasteiger charge is 2.16. The number of halogens is 1. The van der Waals surface area contributed by atoms with Crippen molar-refractivity contribution in [2.24, 2.45) is 0 Å². The Kier molecular flexibility index (Phi) is 3.57. The third-order valence-electron chi connectivity index (χ3n) is 2.84. The molecule has 0 spiro atoms. The Hall–Kier alpha value is -1.55. The molecule has 2 aromatic rings. The Morgan fingerprint density at radius 3 is 2.39 bits per heavy atom. The highest BCUT2D eigenvalue weighted by molar-refractivity contribution is 9.10. The fourth-order valence-electron chi connectivity index (χ4n) is 1.65. The number of carbonyl (C=O) groups excluding carboxylic acids is 1. The van der Waals surface area contributed by atoms with Crippen LogP contribution >= 0.6 is 15.9 Å². The maximum Gasteiger partial charge on any atom is 0.379 e. The molecule has 0 aliphatic heterocycles. The van der Waals surface area contributed by atoms with Gasteiger partial charge in [-0.25, -0.2) is 4.79 Å². The summed E-state index contributed by atoms with van der Waals surface area (Å²) in [5.41, 5.74) is 2.98. The van der Waals surface area contributed by atoms with Crippen LogP contribution in [0, 0.1) is 20.8 Å². The van der Waals surface area contributed by atoms with E-state index in [1.165, 1.54) is 0 Å². The van der Waals surface area contributed by atoms with E-state index >= 15 is 0 Å². The molecule has 0 atom stereocenters. The van der Waals surface area contributed by atoms with Gasteiger partial charge < -0.3 is 9.15 Å². The Labute approximate surface area is 114 Å². The fourth-order valence-corrected chi connectivity index (χ4v) is 1.96. The Bertz CT molecular complexity index is 599. The quantitative estimate of drug-likeness (QED) is 0.617. The minimum Gasteiger partial charge on any atom is -0.442 e. The third kappa shape index (κ3) is 2.48. The van der Waals surface area contributed by atoms with Gasteiger partial charge in [0.25, 0.3) is 0 Å². The van der Waals surface area contributed by atoms with E-state index in [0.717, 1.165) is 16.7 Å². The summed E-state index contributed by atoms with van der Waals surface area (Å²) >= 11 is 3.15. The molecule has 1 heterocycles. The summed E-state index contributed by atoms with van der Waals surface area (Å²) < 4.78 is 11.1. The van der Waals surface area contributed by atoms with Crippen LogP contribution in [-0.2, 0) is 0 Å². The maximum absolute atomic E-state index is 11.9. The van der Waals surface area contributed by atoms with Crippen molar-refractivity contribution in [3.05, 3.63) is 51.4 Å². The summed E-state index contributed by atoms with van der Waals surface area (Å²) in [5.74, 6) is 0.298. The van der Waals surface area contributed by atoms with Gasteiger partial charge in [-0.15, -0.1) is 0 Å². The van der Waals surface area contributed by atoms with E-state index in [1.54, 1.807) is 12.1 Å². The van der Waals surface area contributed by atoms with E-state index < -0.39 is 5.97 Å². The van der Waals surface area contributed by atoms with E-state index in [0.29, 0.717) is 10.4 Å². The number of rotatable bonds is 2. The highest BCUT2D eigenvalue weighted by atomic mass is 79.9. The molecular weight excluding hydrogens is 296 g/mol. The van der Waals surface area contributed by atoms with Crippen LogP contribution in [0.15, 0.2) is 33.4 Å². The van der Waals surface area contributed by atoms with Crippen LogP contribution in [0.3, 0.4) is 0 Å². The van der Waals surface area contributed by atoms with E-state index in [1.807, 2.05) is 32.9 Å². The molecule has 0 fully saturated rings. The minimum atomic E-state index is -0.488. The SMILES string of the molecule is Cc1ccc(C)c(OC(=O)c2ccc(Br)o2)c1C. The van der Waals surface area contributed by atoms with Crippen molar-refractivity contribution in [3.8, 4) is 5.75 Å². The summed E-state index contributed by atoms with van der Waals surface area (Å²) in [4.78, 5) is 11.9. The second-order valence-corrected chi connectivity index (χ2v) is 4.93. The van der Waals surface area contributed by atoms with Crippen molar-refractivity contribution in [2.45, 2.75) is 20.8 Å². The summed E-state index contributed by atoms with van der Waals surface area (Å²) in [7, 11) is 0. The highest BCUT2D eigenvalue weighted by Crippen LogP contribution is 2.27. The van der Waals surface area contributed by atoms with Crippen LogP contribution in [0.5, 0.6) is 5.75 Å². The lowest BCUT2D eigenvalue weighted by molar-refractivity contribution is 0.0697. The lowest BCUT2D eigenvalue weighted by Gasteiger charge is -2.11. The van der Waals surface area contributed by atoms with Gasteiger partial charge in [-0.05, 0) is 65.5 Å². The average molecular weight is 309 g/mol. The van der Waals surface area contributed by atoms with Crippen LogP contribution < -0.4 is 4.74 Å². The number of hydrogen-bond donors (Lipinski definition) is 0. The molecule has 0 unspecified atom stereocenters. The number of furan rings is 1. The molecule has 0 aliphatic rings. The van der Waals surface area contributed by atoms with Gasteiger partial charge in [0, 0.05) is 0 Å². The van der Waals surface area contributed by atoms with Gasteiger partial charge in [0.1, 0.15) is 5.75 Å². The van der Waals surface area contributed by atoms with Gasteiger partial charge in [0.15, 0.2) is 4.67 Å². The zero-order valence-corrected chi connectivity index (χ0v) is 12.0. The van der Waals surface area contributed by atoms with Crippen molar-refractivity contribution < 1.29 is 13.9 Å². The van der Waals surface area contributed by atoms with Crippen LogP contribution in [0.2, 0.25) is 0 Å². The molecule has 0 saturated heterocycles. The van der Waals surface area contributed by atoms with Gasteiger partial charge >= 0.3 is 5.97 Å². The second-order valence-electron chi connectivity index (χ2n) is 4.15. The number of ether oxygens (including phenoxy) is 1. The summed E-state index contributed by atoms with van der Waals surface area (Å²) in [5, 5.41) is 0. The standard InChI is InChI=1S/C14H13BrO3/c1-8-4-5-9(2)13(10(8)3)18-14(16)11-6-7-12(15)17-11/h4-7H,1-3H3. The molecule has 4 heteroatoms. The number of hydrogen-bond acceptors (Lipinski definition) is 3. The normalized spacial score (nSPS) is 10.4. The first kappa shape index (κ1) is 12.9. The Morgan fingerprint density at radius 2 is 1.78 bits per heavy atom. The summed E-state index contributed by atoms with van der Waals surface area (Å²) in [6.45, 7) is 5.83. The van der Waals surface area contributed by atoms with E-state index in [-0.39, 0.29) is 5.76 Å². The molecule has 18 heavy (non-hydrogen) atoms. The van der Waals surface area contributed by atoms with Crippen LogP contribution in [0.1, 0.15) is 27.2 Å². The van der Waals surface area contributed by atoms with Crippen LogP contribution in [0.4, 0.5) is 0 Å². The van der Waals surface area contributed by atoms with E-state index in [2.05, 4.69) is 15.9 Å². The Morgan fingerprint density at radius 1 is 1.11 bits per heavy atom. The zero-order valence-electron chi connectivity index (χ0n) is 10.4. The molecular formula is C14H13BrO3. The molecule has 2 rings (SSSR count). The molecule has 0 bridgehead atoms. The molecule has 0 amide bonds. The number of benzene rings is 1. The first-order valence-corrected chi connectivity index (χ1v) is 6.32. The van der Waals surface area contributed by atoms with Crippen molar-refractivity contribution >= 4 is 21.9 Å². The topological polar surface area (TPSA) is 39.4 Å². The first-order chi connectivity index (χ1) is 8.49. The first-order valence-electron chi connectivity index (χ1n) is 5.53. The average Bonchev–Trinajstić information content (AvgIpc) is 2.76. The molecule has 0 saturated carbocycles. The van der Waals surface area contributed by atoms with Crippen molar-refractivity contribution in [3.63, 3.8) is 0 Å². The van der Waals surface area contributed by atoms with Crippen molar-refractivity contribution in [2.75, 3.05) is 0 Å². The smallest absolute Gasteiger partial charge is 0.379 e. The fraction of sp³-hybridized carbons (Fsp3) is 0.214. The van der Waals surface area contributed by atoms with Crippen LogP contribution in [-0.4, -0.2) is 5.97 Å². The molecule has 0 radical (unpaired) electrons. The number of esters is 1. The molecule has 3 nitrogen and oxygen atoms in total. The van der Waals surface area contributed by atoms with Crippen molar-refractivity contribution in [1.82, 2.24) is 0 Å². The molecule has 0 N–H and O–H groups in total. The zero-order chi connectivity index (χ0) is 13.3. The molecule has 1 aromatic carbocycles. The predicted molar refractivity (Wildman–Crippen MR) is 72.0 cm³/mol. The van der Waals surface area contributed by atoms with E-state index in [4.69, 9.17) is 9.15 Å². The Balaban J connectivity index is 2.30. The summed E-state index contributed by atoms with van der Waals surface area (Å²) in [6, 6.07) is 7.17.